The summed E-state index contributed by atoms with van der Waals surface area (Å²) in [6, 6.07) is 10.1. The van der Waals surface area contributed by atoms with Gasteiger partial charge in [0.15, 0.2) is 0 Å². The van der Waals surface area contributed by atoms with E-state index in [4.69, 9.17) is 10.5 Å². The number of alkyl halides is 3. The summed E-state index contributed by atoms with van der Waals surface area (Å²) < 4.78 is 43.5. The molecule has 2 aromatic carbocycles. The first-order valence-corrected chi connectivity index (χ1v) is 6.06. The zero-order valence-electron chi connectivity index (χ0n) is 9.54. The molecule has 0 unspecified atom stereocenters. The maximum atomic E-state index is 12.7. The van der Waals surface area contributed by atoms with Gasteiger partial charge in [-0.1, -0.05) is 15.9 Å². The van der Waals surface area contributed by atoms with Crippen molar-refractivity contribution in [1.82, 2.24) is 0 Å². The third kappa shape index (κ3) is 3.41. The molecule has 100 valence electrons. The van der Waals surface area contributed by atoms with E-state index >= 15 is 0 Å². The molecule has 0 saturated heterocycles. The van der Waals surface area contributed by atoms with Crippen LogP contribution in [0.15, 0.2) is 46.9 Å². The lowest BCUT2D eigenvalue weighted by atomic mass is 10.2. The van der Waals surface area contributed by atoms with Gasteiger partial charge in [0, 0.05) is 10.2 Å². The average Bonchev–Trinajstić information content (AvgIpc) is 2.33. The Morgan fingerprint density at radius 1 is 0.947 bits per heavy atom. The van der Waals surface area contributed by atoms with Crippen molar-refractivity contribution >= 4 is 21.6 Å². The number of anilines is 1. The number of hydrogen-bond donors (Lipinski definition) is 1. The fraction of sp³-hybridized carbons (Fsp3) is 0.0769. The zero-order chi connectivity index (χ0) is 14.0. The van der Waals surface area contributed by atoms with E-state index in [0.29, 0.717) is 11.4 Å². The summed E-state index contributed by atoms with van der Waals surface area (Å²) in [7, 11) is 0. The molecule has 0 aliphatic heterocycles. The lowest BCUT2D eigenvalue weighted by molar-refractivity contribution is -0.138. The number of benzene rings is 2. The van der Waals surface area contributed by atoms with Gasteiger partial charge in [-0.3, -0.25) is 0 Å². The molecule has 0 radical (unpaired) electrons. The standard InChI is InChI=1S/C13H9BrF3NO/c14-12-6-5-10(7-11(12)13(15,16)17)19-9-3-1-8(18)2-4-9/h1-7H,18H2. The predicted octanol–water partition coefficient (Wildman–Crippen LogP) is 4.84. The molecule has 2 aromatic rings. The van der Waals surface area contributed by atoms with E-state index in [0.717, 1.165) is 6.07 Å². The van der Waals surface area contributed by atoms with Crippen LogP contribution in [0.2, 0.25) is 0 Å². The van der Waals surface area contributed by atoms with Crippen LogP contribution in [0.3, 0.4) is 0 Å². The van der Waals surface area contributed by atoms with E-state index in [1.165, 1.54) is 12.1 Å². The Morgan fingerprint density at radius 2 is 1.53 bits per heavy atom. The molecule has 0 aromatic heterocycles. The molecule has 0 aliphatic carbocycles. The van der Waals surface area contributed by atoms with Gasteiger partial charge in [0.1, 0.15) is 11.5 Å². The van der Waals surface area contributed by atoms with Crippen molar-refractivity contribution in [2.45, 2.75) is 6.18 Å². The molecule has 0 heterocycles. The van der Waals surface area contributed by atoms with Gasteiger partial charge in [0.2, 0.25) is 0 Å². The topological polar surface area (TPSA) is 35.2 Å². The summed E-state index contributed by atoms with van der Waals surface area (Å²) >= 11 is 2.87. The van der Waals surface area contributed by atoms with E-state index in [1.54, 1.807) is 24.3 Å². The normalized spacial score (nSPS) is 11.4. The van der Waals surface area contributed by atoms with Crippen LogP contribution < -0.4 is 10.5 Å². The molecule has 0 bridgehead atoms. The van der Waals surface area contributed by atoms with Crippen molar-refractivity contribution in [3.05, 3.63) is 52.5 Å². The van der Waals surface area contributed by atoms with Crippen LogP contribution in [-0.2, 0) is 6.18 Å². The fourth-order valence-corrected chi connectivity index (χ4v) is 1.93. The van der Waals surface area contributed by atoms with E-state index in [9.17, 15) is 13.2 Å². The fourth-order valence-electron chi connectivity index (χ4n) is 1.46. The largest absolute Gasteiger partial charge is 0.457 e. The average molecular weight is 332 g/mol. The third-order valence-electron chi connectivity index (χ3n) is 2.36. The zero-order valence-corrected chi connectivity index (χ0v) is 11.1. The second kappa shape index (κ2) is 5.13. The number of hydrogen-bond acceptors (Lipinski definition) is 2. The van der Waals surface area contributed by atoms with Crippen LogP contribution in [0.1, 0.15) is 5.56 Å². The van der Waals surface area contributed by atoms with E-state index in [2.05, 4.69) is 15.9 Å². The van der Waals surface area contributed by atoms with Gasteiger partial charge in [0.05, 0.1) is 5.56 Å². The van der Waals surface area contributed by atoms with Crippen LogP contribution in [0.4, 0.5) is 18.9 Å². The molecular weight excluding hydrogens is 323 g/mol. The van der Waals surface area contributed by atoms with Crippen molar-refractivity contribution in [1.29, 1.82) is 0 Å². The number of halogens is 4. The van der Waals surface area contributed by atoms with Gasteiger partial charge in [-0.25, -0.2) is 0 Å². The highest BCUT2D eigenvalue weighted by atomic mass is 79.9. The van der Waals surface area contributed by atoms with Crippen molar-refractivity contribution in [3.8, 4) is 11.5 Å². The van der Waals surface area contributed by atoms with Crippen molar-refractivity contribution in [2.75, 3.05) is 5.73 Å². The van der Waals surface area contributed by atoms with Crippen LogP contribution >= 0.6 is 15.9 Å². The molecule has 0 spiro atoms. The molecule has 2 N–H and O–H groups in total. The second-order valence-electron chi connectivity index (χ2n) is 3.81. The number of ether oxygens (including phenoxy) is 1. The Morgan fingerprint density at radius 3 is 2.11 bits per heavy atom. The first-order chi connectivity index (χ1) is 8.86. The lowest BCUT2D eigenvalue weighted by Crippen LogP contribution is -2.06. The van der Waals surface area contributed by atoms with Gasteiger partial charge in [-0.2, -0.15) is 13.2 Å². The van der Waals surface area contributed by atoms with E-state index in [1.807, 2.05) is 0 Å². The molecule has 0 amide bonds. The Kier molecular flexibility index (Phi) is 3.71. The molecule has 19 heavy (non-hydrogen) atoms. The molecule has 0 saturated carbocycles. The van der Waals surface area contributed by atoms with Gasteiger partial charge in [-0.15, -0.1) is 0 Å². The highest BCUT2D eigenvalue weighted by Gasteiger charge is 2.33. The smallest absolute Gasteiger partial charge is 0.417 e. The first-order valence-electron chi connectivity index (χ1n) is 5.26. The summed E-state index contributed by atoms with van der Waals surface area (Å²) in [5, 5.41) is 0. The van der Waals surface area contributed by atoms with Gasteiger partial charge in [0.25, 0.3) is 0 Å². The van der Waals surface area contributed by atoms with Gasteiger partial charge < -0.3 is 10.5 Å². The predicted molar refractivity (Wildman–Crippen MR) is 70.1 cm³/mol. The second-order valence-corrected chi connectivity index (χ2v) is 4.66. The first kappa shape index (κ1) is 13.7. The van der Waals surface area contributed by atoms with Crippen molar-refractivity contribution < 1.29 is 17.9 Å². The van der Waals surface area contributed by atoms with Crippen LogP contribution in [-0.4, -0.2) is 0 Å². The summed E-state index contributed by atoms with van der Waals surface area (Å²) in [5.41, 5.74) is 5.29. The minimum absolute atomic E-state index is 0.0235. The molecule has 2 nitrogen and oxygen atoms in total. The van der Waals surface area contributed by atoms with Crippen LogP contribution in [0.25, 0.3) is 0 Å². The molecule has 2 rings (SSSR count). The quantitative estimate of drug-likeness (QED) is 0.799. The Labute approximate surface area is 116 Å². The lowest BCUT2D eigenvalue weighted by Gasteiger charge is -2.12. The van der Waals surface area contributed by atoms with Crippen LogP contribution in [0.5, 0.6) is 11.5 Å². The number of nitrogen functional groups attached to an aromatic ring is 1. The third-order valence-corrected chi connectivity index (χ3v) is 3.05. The summed E-state index contributed by atoms with van der Waals surface area (Å²) in [6.45, 7) is 0. The maximum absolute atomic E-state index is 12.7. The van der Waals surface area contributed by atoms with Crippen molar-refractivity contribution in [3.63, 3.8) is 0 Å². The molecule has 0 aliphatic rings. The van der Waals surface area contributed by atoms with Crippen molar-refractivity contribution in [2.24, 2.45) is 0 Å². The summed E-state index contributed by atoms with van der Waals surface area (Å²) in [5.74, 6) is 0.532. The molecule has 6 heteroatoms. The maximum Gasteiger partial charge on any atom is 0.417 e. The van der Waals surface area contributed by atoms with Gasteiger partial charge in [-0.05, 0) is 42.5 Å². The molecule has 0 fully saturated rings. The summed E-state index contributed by atoms with van der Waals surface area (Å²) in [6.07, 6.45) is -4.43. The number of nitrogens with two attached hydrogens (primary N) is 1. The minimum atomic E-state index is -4.43. The highest BCUT2D eigenvalue weighted by Crippen LogP contribution is 2.37. The number of rotatable bonds is 2. The molecular formula is C13H9BrF3NO. The highest BCUT2D eigenvalue weighted by molar-refractivity contribution is 9.10. The Hall–Kier alpha value is -1.69. The SMILES string of the molecule is Nc1ccc(Oc2ccc(Br)c(C(F)(F)F)c2)cc1. The Bertz CT molecular complexity index is 581. The molecule has 0 atom stereocenters. The summed E-state index contributed by atoms with van der Waals surface area (Å²) in [4.78, 5) is 0. The van der Waals surface area contributed by atoms with Gasteiger partial charge >= 0.3 is 6.18 Å². The van der Waals surface area contributed by atoms with E-state index < -0.39 is 11.7 Å². The monoisotopic (exact) mass is 331 g/mol. The minimum Gasteiger partial charge on any atom is -0.457 e. The van der Waals surface area contributed by atoms with E-state index in [-0.39, 0.29) is 10.2 Å². The Balaban J connectivity index is 2.29. The van der Waals surface area contributed by atoms with Crippen LogP contribution in [0, 0.1) is 0 Å².